The van der Waals surface area contributed by atoms with E-state index in [-0.39, 0.29) is 20.0 Å². The lowest BCUT2D eigenvalue weighted by Gasteiger charge is -2.20. The Kier molecular flexibility index (Phi) is 6.48. The number of aromatic nitrogens is 4. The molecule has 0 atom stereocenters. The second kappa shape index (κ2) is 9.35. The topological polar surface area (TPSA) is 85.8 Å². The van der Waals surface area contributed by atoms with Crippen LogP contribution >= 0.6 is 0 Å². The van der Waals surface area contributed by atoms with Crippen molar-refractivity contribution in [3.05, 3.63) is 76.5 Å². The van der Waals surface area contributed by atoms with Gasteiger partial charge in [-0.15, -0.1) is 0 Å². The quantitative estimate of drug-likeness (QED) is 0.385. The van der Waals surface area contributed by atoms with Crippen LogP contribution in [0, 0.1) is 6.92 Å². The average Bonchev–Trinajstić information content (AvgIpc) is 3.28. The molecule has 0 spiro atoms. The summed E-state index contributed by atoms with van der Waals surface area (Å²) in [7, 11) is 0. The predicted octanol–water partition coefficient (Wildman–Crippen LogP) is 5.90. The Morgan fingerprint density at radius 3 is 2.62 bits per heavy atom. The number of rotatable bonds is 6. The molecule has 7 heteroatoms. The zero-order chi connectivity index (χ0) is 24.5. The van der Waals surface area contributed by atoms with E-state index in [0.29, 0.717) is 17.1 Å². The highest BCUT2D eigenvalue weighted by Crippen LogP contribution is 2.28. The minimum Gasteiger partial charge on any atom is -0.354 e. The summed E-state index contributed by atoms with van der Waals surface area (Å²) in [6.07, 6.45) is 3.53. The molecular formula is C27H35N5O2. The molecule has 0 amide bonds. The number of hydrogen-bond donors (Lipinski definition) is 1. The molecule has 0 aliphatic rings. The normalized spacial score (nSPS) is 11.9. The standard InChI is InChI=1S/C27H31N5O2.2H2/c1-17(2)32-16-21(10-11-25(32)33)23-15-28-18(3)26(30-23)24-13-22(31-34-24)20-9-7-8-19(12-20)14-29-27(4,5)6;;/h7-13,15-17,29H,14H2,1-6H3;2*1H. The van der Waals surface area contributed by atoms with Gasteiger partial charge in [0.1, 0.15) is 11.4 Å². The number of aryl methyl sites for hydroxylation is 1. The van der Waals surface area contributed by atoms with E-state index in [1.165, 1.54) is 5.56 Å². The van der Waals surface area contributed by atoms with Gasteiger partial charge in [0.15, 0.2) is 5.76 Å². The van der Waals surface area contributed by atoms with Crippen LogP contribution in [0.15, 0.2) is 64.2 Å². The Hall–Kier alpha value is -3.58. The largest absolute Gasteiger partial charge is 0.354 e. The highest BCUT2D eigenvalue weighted by Gasteiger charge is 2.16. The summed E-state index contributed by atoms with van der Waals surface area (Å²) in [5.41, 5.74) is 5.76. The van der Waals surface area contributed by atoms with E-state index in [0.717, 1.165) is 29.1 Å². The SMILES string of the molecule is Cc1ncc(-c2ccc(=O)n(C(C)C)c2)nc1-c1cc(-c2cccc(CNC(C)(C)C)c2)no1.[HH].[HH]. The fraction of sp³-hybridized carbons (Fsp3) is 0.333. The Balaban J connectivity index is 0.00000228. The van der Waals surface area contributed by atoms with E-state index in [9.17, 15) is 4.79 Å². The minimum atomic E-state index is -0.0427. The van der Waals surface area contributed by atoms with E-state index in [1.54, 1.807) is 22.9 Å². The first-order chi connectivity index (χ1) is 16.1. The first-order valence-corrected chi connectivity index (χ1v) is 11.5. The molecule has 0 fully saturated rings. The van der Waals surface area contributed by atoms with E-state index in [2.05, 4.69) is 48.4 Å². The molecule has 0 saturated carbocycles. The van der Waals surface area contributed by atoms with E-state index in [1.807, 2.05) is 45.2 Å². The van der Waals surface area contributed by atoms with Crippen LogP contribution in [0.4, 0.5) is 0 Å². The lowest BCUT2D eigenvalue weighted by molar-refractivity contribution is 0.424. The van der Waals surface area contributed by atoms with Gasteiger partial charge in [-0.2, -0.15) is 0 Å². The molecule has 7 nitrogen and oxygen atoms in total. The molecule has 180 valence electrons. The maximum atomic E-state index is 12.1. The van der Waals surface area contributed by atoms with Crippen molar-refractivity contribution in [1.82, 2.24) is 25.0 Å². The first-order valence-electron chi connectivity index (χ1n) is 11.5. The molecular weight excluding hydrogens is 426 g/mol. The lowest BCUT2D eigenvalue weighted by atomic mass is 10.1. The van der Waals surface area contributed by atoms with Gasteiger partial charge in [-0.05, 0) is 59.2 Å². The third-order valence-corrected chi connectivity index (χ3v) is 5.53. The molecule has 3 aromatic heterocycles. The summed E-state index contributed by atoms with van der Waals surface area (Å²) in [6, 6.07) is 13.5. The lowest BCUT2D eigenvalue weighted by Crippen LogP contribution is -2.35. The third kappa shape index (κ3) is 5.31. The molecule has 4 rings (SSSR count). The molecule has 0 radical (unpaired) electrons. The highest BCUT2D eigenvalue weighted by molar-refractivity contribution is 5.68. The van der Waals surface area contributed by atoms with Crippen LogP contribution in [-0.2, 0) is 6.54 Å². The fourth-order valence-electron chi connectivity index (χ4n) is 3.61. The van der Waals surface area contributed by atoms with Gasteiger partial charge in [0.25, 0.3) is 5.56 Å². The molecule has 1 N–H and O–H groups in total. The average molecular weight is 462 g/mol. The predicted molar refractivity (Wildman–Crippen MR) is 139 cm³/mol. The molecule has 0 bridgehead atoms. The maximum absolute atomic E-state index is 12.1. The Bertz CT molecular complexity index is 1370. The van der Waals surface area contributed by atoms with Crippen molar-refractivity contribution in [2.24, 2.45) is 0 Å². The van der Waals surface area contributed by atoms with Crippen molar-refractivity contribution >= 4 is 0 Å². The first kappa shape index (κ1) is 23.6. The Morgan fingerprint density at radius 1 is 1.09 bits per heavy atom. The van der Waals surface area contributed by atoms with Crippen LogP contribution < -0.4 is 10.9 Å². The Morgan fingerprint density at radius 2 is 1.88 bits per heavy atom. The van der Waals surface area contributed by atoms with Gasteiger partial charge >= 0.3 is 0 Å². The smallest absolute Gasteiger partial charge is 0.250 e. The fourth-order valence-corrected chi connectivity index (χ4v) is 3.61. The monoisotopic (exact) mass is 461 g/mol. The summed E-state index contributed by atoms with van der Waals surface area (Å²) in [6.45, 7) is 13.1. The zero-order valence-electron chi connectivity index (χ0n) is 20.6. The molecule has 0 saturated heterocycles. The van der Waals surface area contributed by atoms with Crippen LogP contribution in [0.3, 0.4) is 0 Å². The molecule has 0 aliphatic heterocycles. The summed E-state index contributed by atoms with van der Waals surface area (Å²) in [4.78, 5) is 21.5. The van der Waals surface area contributed by atoms with E-state index >= 15 is 0 Å². The minimum absolute atomic E-state index is 0. The van der Waals surface area contributed by atoms with Crippen LogP contribution in [0.5, 0.6) is 0 Å². The van der Waals surface area contributed by atoms with Crippen molar-refractivity contribution in [2.75, 3.05) is 0 Å². The van der Waals surface area contributed by atoms with Crippen LogP contribution in [-0.4, -0.2) is 25.2 Å². The van der Waals surface area contributed by atoms with Crippen LogP contribution in [0.2, 0.25) is 0 Å². The molecule has 1 aromatic carbocycles. The molecule has 4 aromatic rings. The summed E-state index contributed by atoms with van der Waals surface area (Å²) >= 11 is 0. The molecule has 34 heavy (non-hydrogen) atoms. The molecule has 3 heterocycles. The number of nitrogens with zero attached hydrogens (tertiary/aromatic N) is 4. The summed E-state index contributed by atoms with van der Waals surface area (Å²) < 4.78 is 7.37. The van der Waals surface area contributed by atoms with Gasteiger partial charge in [-0.3, -0.25) is 9.78 Å². The van der Waals surface area contributed by atoms with Crippen molar-refractivity contribution in [3.63, 3.8) is 0 Å². The molecule has 0 unspecified atom stereocenters. The van der Waals surface area contributed by atoms with Crippen LogP contribution in [0.25, 0.3) is 34.0 Å². The van der Waals surface area contributed by atoms with Crippen molar-refractivity contribution < 1.29 is 7.38 Å². The number of hydrogen-bond acceptors (Lipinski definition) is 6. The number of nitrogens with one attached hydrogen (secondary N) is 1. The van der Waals surface area contributed by atoms with Crippen LogP contribution in [0.1, 0.15) is 54.8 Å². The van der Waals surface area contributed by atoms with Gasteiger partial charge in [0.05, 0.1) is 17.6 Å². The second-order valence-corrected chi connectivity index (χ2v) is 9.83. The third-order valence-electron chi connectivity index (χ3n) is 5.53. The number of pyridine rings is 1. The van der Waals surface area contributed by atoms with Crippen molar-refractivity contribution in [2.45, 2.75) is 59.7 Å². The van der Waals surface area contributed by atoms with E-state index in [4.69, 9.17) is 9.51 Å². The molecule has 0 aliphatic carbocycles. The van der Waals surface area contributed by atoms with Gasteiger partial charge in [-0.25, -0.2) is 4.98 Å². The van der Waals surface area contributed by atoms with Gasteiger partial charge in [-0.1, -0.05) is 23.4 Å². The maximum Gasteiger partial charge on any atom is 0.250 e. The van der Waals surface area contributed by atoms with Gasteiger partial charge < -0.3 is 14.4 Å². The van der Waals surface area contributed by atoms with Gasteiger partial charge in [0, 0.05) is 50.4 Å². The van der Waals surface area contributed by atoms with Gasteiger partial charge in [0.2, 0.25) is 0 Å². The Labute approximate surface area is 202 Å². The second-order valence-electron chi connectivity index (χ2n) is 9.83. The highest BCUT2D eigenvalue weighted by atomic mass is 16.5. The zero-order valence-corrected chi connectivity index (χ0v) is 20.6. The van der Waals surface area contributed by atoms with E-state index < -0.39 is 0 Å². The number of benzene rings is 1. The van der Waals surface area contributed by atoms with Crippen molar-refractivity contribution in [1.29, 1.82) is 0 Å². The van der Waals surface area contributed by atoms with Crippen molar-refractivity contribution in [3.8, 4) is 34.0 Å². The summed E-state index contributed by atoms with van der Waals surface area (Å²) in [5, 5.41) is 7.80. The summed E-state index contributed by atoms with van der Waals surface area (Å²) in [5.74, 6) is 0.553.